The third kappa shape index (κ3) is 6.10. The van der Waals surface area contributed by atoms with Gasteiger partial charge in [-0.15, -0.1) is 23.1 Å². The number of benzene rings is 3. The summed E-state index contributed by atoms with van der Waals surface area (Å²) in [6, 6.07) is 30.3. The lowest BCUT2D eigenvalue weighted by Crippen LogP contribution is -2.22. The predicted octanol–water partition coefficient (Wildman–Crippen LogP) is 7.71. The molecule has 6 heteroatoms. The van der Waals surface area contributed by atoms with E-state index in [1.165, 1.54) is 4.90 Å². The van der Waals surface area contributed by atoms with Crippen molar-refractivity contribution >= 4 is 29.0 Å². The van der Waals surface area contributed by atoms with Gasteiger partial charge in [0.15, 0.2) is 0 Å². The van der Waals surface area contributed by atoms with E-state index in [1.807, 2.05) is 54.6 Å². The van der Waals surface area contributed by atoms with Crippen molar-refractivity contribution in [1.29, 1.82) is 0 Å². The second kappa shape index (κ2) is 11.9. The molecule has 1 amide bonds. The molecule has 0 fully saturated rings. The lowest BCUT2D eigenvalue weighted by Gasteiger charge is -2.14. The number of rotatable bonds is 9. The van der Waals surface area contributed by atoms with Crippen LogP contribution in [-0.2, 0) is 13.2 Å². The van der Waals surface area contributed by atoms with Crippen LogP contribution in [0.2, 0.25) is 0 Å². The molecular weight excluding hydrogens is 496 g/mol. The Labute approximate surface area is 225 Å². The number of carbonyl (C=O) groups excluding carboxylic acids is 1. The van der Waals surface area contributed by atoms with Gasteiger partial charge in [-0.2, -0.15) is 0 Å². The van der Waals surface area contributed by atoms with Gasteiger partial charge in [0, 0.05) is 45.4 Å². The number of amides is 1. The molecule has 0 saturated carbocycles. The fraction of sp³-hybridized carbons (Fsp3) is 0.0968. The highest BCUT2D eigenvalue weighted by molar-refractivity contribution is 7.98. The molecule has 0 unspecified atom stereocenters. The fourth-order valence-corrected chi connectivity index (χ4v) is 5.37. The second-order valence-electron chi connectivity index (χ2n) is 8.42. The molecule has 2 heterocycles. The maximum atomic E-state index is 12.7. The Hall–Kier alpha value is -3.87. The maximum Gasteiger partial charge on any atom is 0.251 e. The maximum absolute atomic E-state index is 12.7. The largest absolute Gasteiger partial charge is 0.488 e. The van der Waals surface area contributed by atoms with Crippen molar-refractivity contribution < 1.29 is 9.53 Å². The number of carbonyl (C=O) groups is 1. The highest BCUT2D eigenvalue weighted by Gasteiger charge is 2.16. The molecule has 37 heavy (non-hydrogen) atoms. The standard InChI is InChI=1S/C31H26N2O2S2/c1-36-26-13-14-29(35-21-22-6-3-2-4-7-22)28(18-26)27-15-17-37-30(27)24-9-11-25(12-10-24)31(34)33-20-23-8-5-16-32-19-23/h2-19H,20-21H2,1H3,(H,33,34). The van der Waals surface area contributed by atoms with E-state index in [0.29, 0.717) is 18.7 Å². The molecule has 0 atom stereocenters. The Morgan fingerprint density at radius 1 is 0.919 bits per heavy atom. The molecule has 0 radical (unpaired) electrons. The zero-order valence-electron chi connectivity index (χ0n) is 20.4. The molecule has 0 spiro atoms. The fourth-order valence-electron chi connectivity index (χ4n) is 4.01. The van der Waals surface area contributed by atoms with Gasteiger partial charge in [-0.1, -0.05) is 48.5 Å². The third-order valence-corrected chi connectivity index (χ3v) is 7.65. The van der Waals surface area contributed by atoms with E-state index in [4.69, 9.17) is 4.74 Å². The quantitative estimate of drug-likeness (QED) is 0.202. The molecule has 0 bridgehead atoms. The van der Waals surface area contributed by atoms with E-state index in [9.17, 15) is 4.79 Å². The Bertz CT molecular complexity index is 1470. The van der Waals surface area contributed by atoms with Crippen molar-refractivity contribution in [2.45, 2.75) is 18.0 Å². The summed E-state index contributed by atoms with van der Waals surface area (Å²) in [5.74, 6) is 0.749. The van der Waals surface area contributed by atoms with Gasteiger partial charge < -0.3 is 10.1 Å². The molecule has 5 aromatic rings. The number of aromatic nitrogens is 1. The number of ether oxygens (including phenoxy) is 1. The van der Waals surface area contributed by atoms with Crippen LogP contribution in [0.3, 0.4) is 0 Å². The minimum absolute atomic E-state index is 0.105. The van der Waals surface area contributed by atoms with Crippen LogP contribution in [0.4, 0.5) is 0 Å². The first kappa shape index (κ1) is 24.8. The summed E-state index contributed by atoms with van der Waals surface area (Å²) in [5.41, 5.74) is 5.98. The summed E-state index contributed by atoms with van der Waals surface area (Å²) >= 11 is 3.40. The molecule has 4 nitrogen and oxygen atoms in total. The highest BCUT2D eigenvalue weighted by Crippen LogP contribution is 2.42. The van der Waals surface area contributed by atoms with E-state index in [2.05, 4.69) is 58.3 Å². The summed E-state index contributed by atoms with van der Waals surface area (Å²) in [5, 5.41) is 5.06. The summed E-state index contributed by atoms with van der Waals surface area (Å²) in [7, 11) is 0. The van der Waals surface area contributed by atoms with Gasteiger partial charge in [0.2, 0.25) is 0 Å². The molecule has 5 rings (SSSR count). The first-order chi connectivity index (χ1) is 18.2. The van der Waals surface area contributed by atoms with E-state index in [-0.39, 0.29) is 5.91 Å². The van der Waals surface area contributed by atoms with Crippen molar-refractivity contribution in [2.24, 2.45) is 0 Å². The number of pyridine rings is 1. The van der Waals surface area contributed by atoms with E-state index >= 15 is 0 Å². The van der Waals surface area contributed by atoms with Gasteiger partial charge >= 0.3 is 0 Å². The van der Waals surface area contributed by atoms with Gasteiger partial charge in [-0.05, 0) is 70.8 Å². The smallest absolute Gasteiger partial charge is 0.251 e. The summed E-state index contributed by atoms with van der Waals surface area (Å²) in [6.07, 6.45) is 5.56. The van der Waals surface area contributed by atoms with Crippen LogP contribution in [0.1, 0.15) is 21.5 Å². The first-order valence-corrected chi connectivity index (χ1v) is 14.0. The van der Waals surface area contributed by atoms with E-state index in [1.54, 1.807) is 35.5 Å². The average molecular weight is 523 g/mol. The van der Waals surface area contributed by atoms with Crippen LogP contribution in [-0.4, -0.2) is 17.1 Å². The first-order valence-electron chi connectivity index (χ1n) is 11.9. The lowest BCUT2D eigenvalue weighted by molar-refractivity contribution is 0.0951. The molecule has 1 N–H and O–H groups in total. The van der Waals surface area contributed by atoms with Crippen molar-refractivity contribution in [1.82, 2.24) is 10.3 Å². The SMILES string of the molecule is CSc1ccc(OCc2ccccc2)c(-c2ccsc2-c2ccc(C(=O)NCc3cccnc3)cc2)c1. The van der Waals surface area contributed by atoms with Gasteiger partial charge in [0.25, 0.3) is 5.91 Å². The molecule has 0 aliphatic carbocycles. The van der Waals surface area contributed by atoms with Gasteiger partial charge in [0.1, 0.15) is 12.4 Å². The van der Waals surface area contributed by atoms with Gasteiger partial charge in [-0.3, -0.25) is 9.78 Å². The molecule has 0 aliphatic heterocycles. The summed E-state index contributed by atoms with van der Waals surface area (Å²) in [6.45, 7) is 0.954. The summed E-state index contributed by atoms with van der Waals surface area (Å²) < 4.78 is 6.29. The molecule has 2 aromatic heterocycles. The van der Waals surface area contributed by atoms with Crippen molar-refractivity contribution in [3.63, 3.8) is 0 Å². The van der Waals surface area contributed by atoms with Gasteiger partial charge in [0.05, 0.1) is 0 Å². The number of thiophene rings is 1. The topological polar surface area (TPSA) is 51.2 Å². The molecule has 184 valence electrons. The van der Waals surface area contributed by atoms with Crippen molar-refractivity contribution in [3.8, 4) is 27.3 Å². The van der Waals surface area contributed by atoms with Crippen LogP contribution >= 0.6 is 23.1 Å². The monoisotopic (exact) mass is 522 g/mol. The van der Waals surface area contributed by atoms with Gasteiger partial charge in [-0.25, -0.2) is 0 Å². The lowest BCUT2D eigenvalue weighted by atomic mass is 10.0. The number of hydrogen-bond acceptors (Lipinski definition) is 5. The Balaban J connectivity index is 1.37. The number of nitrogens with zero attached hydrogens (tertiary/aromatic N) is 1. The summed E-state index contributed by atoms with van der Waals surface area (Å²) in [4.78, 5) is 19.1. The molecular formula is C31H26N2O2S2. The van der Waals surface area contributed by atoms with E-state index in [0.717, 1.165) is 38.4 Å². The second-order valence-corrected chi connectivity index (χ2v) is 10.2. The number of hydrogen-bond donors (Lipinski definition) is 1. The third-order valence-electron chi connectivity index (χ3n) is 5.96. The van der Waals surface area contributed by atoms with Crippen molar-refractivity contribution in [3.05, 3.63) is 125 Å². The molecule has 0 aliphatic rings. The zero-order chi connectivity index (χ0) is 25.5. The molecule has 0 saturated heterocycles. The number of nitrogens with one attached hydrogen (secondary N) is 1. The minimum Gasteiger partial charge on any atom is -0.488 e. The van der Waals surface area contributed by atoms with Crippen LogP contribution in [0.25, 0.3) is 21.6 Å². The zero-order valence-corrected chi connectivity index (χ0v) is 22.0. The molecule has 3 aromatic carbocycles. The van der Waals surface area contributed by atoms with Crippen LogP contribution in [0.5, 0.6) is 5.75 Å². The Kier molecular flexibility index (Phi) is 7.99. The van der Waals surface area contributed by atoms with Crippen LogP contribution < -0.4 is 10.1 Å². The van der Waals surface area contributed by atoms with Crippen LogP contribution in [0.15, 0.2) is 114 Å². The van der Waals surface area contributed by atoms with Crippen molar-refractivity contribution in [2.75, 3.05) is 6.26 Å². The predicted molar refractivity (Wildman–Crippen MR) is 153 cm³/mol. The Morgan fingerprint density at radius 3 is 2.49 bits per heavy atom. The van der Waals surface area contributed by atoms with E-state index < -0.39 is 0 Å². The average Bonchev–Trinajstić information content (AvgIpc) is 3.46. The normalized spacial score (nSPS) is 10.7. The van der Waals surface area contributed by atoms with Crippen LogP contribution in [0, 0.1) is 0 Å². The highest BCUT2D eigenvalue weighted by atomic mass is 32.2. The number of thioether (sulfide) groups is 1. The Morgan fingerprint density at radius 2 is 1.73 bits per heavy atom. The minimum atomic E-state index is -0.105.